The van der Waals surface area contributed by atoms with Gasteiger partial charge in [0, 0.05) is 5.56 Å². The molecule has 1 aliphatic rings. The molecule has 0 aromatic heterocycles. The van der Waals surface area contributed by atoms with Gasteiger partial charge in [-0.05, 0) is 105 Å². The van der Waals surface area contributed by atoms with E-state index in [0.717, 1.165) is 12.8 Å². The Labute approximate surface area is 234 Å². The average molecular weight is 531 g/mol. The highest BCUT2D eigenvalue weighted by molar-refractivity contribution is 5.65. The number of aryl methyl sites for hydroxylation is 2. The SMILES string of the molecule is CCCCCCc1ccc(CC/C=C/C2CCC(c3ccc(-c4ccc(OCC)c(F)c4F)cc3)CC2)cc1. The molecule has 0 heterocycles. The lowest BCUT2D eigenvalue weighted by atomic mass is 9.78. The quantitative estimate of drug-likeness (QED) is 0.158. The zero-order valence-corrected chi connectivity index (χ0v) is 23.7. The molecule has 1 saturated carbocycles. The summed E-state index contributed by atoms with van der Waals surface area (Å²) in [6, 6.07) is 20.3. The zero-order valence-electron chi connectivity index (χ0n) is 23.7. The van der Waals surface area contributed by atoms with Crippen LogP contribution in [-0.2, 0) is 12.8 Å². The van der Waals surface area contributed by atoms with Gasteiger partial charge in [-0.15, -0.1) is 0 Å². The highest BCUT2D eigenvalue weighted by Crippen LogP contribution is 2.37. The Balaban J connectivity index is 1.21. The lowest BCUT2D eigenvalue weighted by Crippen LogP contribution is -2.11. The number of hydrogen-bond acceptors (Lipinski definition) is 1. The van der Waals surface area contributed by atoms with E-state index in [1.54, 1.807) is 13.0 Å². The third kappa shape index (κ3) is 8.27. The minimum atomic E-state index is -0.920. The van der Waals surface area contributed by atoms with Crippen LogP contribution in [0.4, 0.5) is 8.78 Å². The van der Waals surface area contributed by atoms with Gasteiger partial charge < -0.3 is 4.74 Å². The molecule has 39 heavy (non-hydrogen) atoms. The fourth-order valence-corrected chi connectivity index (χ4v) is 5.77. The van der Waals surface area contributed by atoms with E-state index in [9.17, 15) is 8.78 Å². The molecule has 4 rings (SSSR count). The van der Waals surface area contributed by atoms with Crippen molar-refractivity contribution in [2.45, 2.75) is 90.4 Å². The predicted molar refractivity (Wildman–Crippen MR) is 159 cm³/mol. The number of unbranched alkanes of at least 4 members (excludes halogenated alkanes) is 3. The zero-order chi connectivity index (χ0) is 27.5. The Bertz CT molecular complexity index is 1170. The van der Waals surface area contributed by atoms with Gasteiger partial charge >= 0.3 is 0 Å². The molecule has 0 unspecified atom stereocenters. The maximum absolute atomic E-state index is 14.6. The van der Waals surface area contributed by atoms with E-state index >= 15 is 0 Å². The summed E-state index contributed by atoms with van der Waals surface area (Å²) in [6.07, 6.45) is 18.2. The van der Waals surface area contributed by atoms with Crippen LogP contribution in [0.15, 0.2) is 72.8 Å². The highest BCUT2D eigenvalue weighted by atomic mass is 19.2. The Morgan fingerprint density at radius 3 is 2.10 bits per heavy atom. The van der Waals surface area contributed by atoms with E-state index in [-0.39, 0.29) is 11.3 Å². The molecule has 0 amide bonds. The van der Waals surface area contributed by atoms with Crippen molar-refractivity contribution < 1.29 is 13.5 Å². The molecule has 0 spiro atoms. The first-order chi connectivity index (χ1) is 19.1. The monoisotopic (exact) mass is 530 g/mol. The van der Waals surface area contributed by atoms with E-state index in [1.165, 1.54) is 80.5 Å². The molecule has 1 fully saturated rings. The van der Waals surface area contributed by atoms with E-state index in [0.29, 0.717) is 24.0 Å². The third-order valence-corrected chi connectivity index (χ3v) is 8.16. The Kier molecular flexibility index (Phi) is 11.2. The minimum Gasteiger partial charge on any atom is -0.491 e. The molecule has 0 N–H and O–H groups in total. The van der Waals surface area contributed by atoms with Crippen LogP contribution in [0.3, 0.4) is 0 Å². The molecule has 3 aromatic rings. The molecule has 1 nitrogen and oxygen atoms in total. The predicted octanol–water partition coefficient (Wildman–Crippen LogP) is 10.6. The van der Waals surface area contributed by atoms with Crippen LogP contribution < -0.4 is 4.74 Å². The second-order valence-electron chi connectivity index (χ2n) is 11.0. The summed E-state index contributed by atoms with van der Waals surface area (Å²) in [4.78, 5) is 0. The molecule has 1 aliphatic carbocycles. The average Bonchev–Trinajstić information content (AvgIpc) is 2.97. The number of allylic oxidation sites excluding steroid dienone is 2. The van der Waals surface area contributed by atoms with Crippen molar-refractivity contribution in [3.05, 3.63) is 101 Å². The Morgan fingerprint density at radius 2 is 1.44 bits per heavy atom. The lowest BCUT2D eigenvalue weighted by molar-refractivity contribution is 0.314. The summed E-state index contributed by atoms with van der Waals surface area (Å²) in [5.41, 5.74) is 5.15. The molecule has 0 bridgehead atoms. The van der Waals surface area contributed by atoms with Crippen LogP contribution in [0.5, 0.6) is 5.75 Å². The number of rotatable bonds is 13. The second-order valence-corrected chi connectivity index (χ2v) is 11.0. The van der Waals surface area contributed by atoms with Crippen LogP contribution in [0.25, 0.3) is 11.1 Å². The molecule has 3 aromatic carbocycles. The first-order valence-electron chi connectivity index (χ1n) is 15.0. The largest absolute Gasteiger partial charge is 0.491 e. The van der Waals surface area contributed by atoms with Crippen LogP contribution in [-0.4, -0.2) is 6.61 Å². The summed E-state index contributed by atoms with van der Waals surface area (Å²) in [6.45, 7) is 4.32. The summed E-state index contributed by atoms with van der Waals surface area (Å²) in [5, 5.41) is 0. The Morgan fingerprint density at radius 1 is 0.744 bits per heavy atom. The normalized spacial score (nSPS) is 17.5. The summed E-state index contributed by atoms with van der Waals surface area (Å²) in [5.74, 6) is -0.618. The molecular weight excluding hydrogens is 486 g/mol. The van der Waals surface area contributed by atoms with Crippen LogP contribution in [0.1, 0.15) is 94.2 Å². The fraction of sp³-hybridized carbons (Fsp3) is 0.444. The van der Waals surface area contributed by atoms with Gasteiger partial charge in [0.1, 0.15) is 0 Å². The van der Waals surface area contributed by atoms with Gasteiger partial charge in [-0.3, -0.25) is 0 Å². The van der Waals surface area contributed by atoms with Gasteiger partial charge in [-0.2, -0.15) is 4.39 Å². The smallest absolute Gasteiger partial charge is 0.201 e. The van der Waals surface area contributed by atoms with Crippen molar-refractivity contribution in [2.75, 3.05) is 6.61 Å². The number of benzene rings is 3. The number of halogens is 2. The fourth-order valence-electron chi connectivity index (χ4n) is 5.77. The number of ether oxygens (including phenoxy) is 1. The van der Waals surface area contributed by atoms with Gasteiger partial charge in [-0.25, -0.2) is 4.39 Å². The van der Waals surface area contributed by atoms with E-state index in [4.69, 9.17) is 4.74 Å². The van der Waals surface area contributed by atoms with Crippen molar-refractivity contribution >= 4 is 0 Å². The van der Waals surface area contributed by atoms with E-state index in [1.807, 2.05) is 12.1 Å². The second kappa shape index (κ2) is 15.0. The molecular formula is C36H44F2O. The summed E-state index contributed by atoms with van der Waals surface area (Å²) < 4.78 is 34.1. The van der Waals surface area contributed by atoms with Gasteiger partial charge in [-0.1, -0.05) is 86.9 Å². The maximum Gasteiger partial charge on any atom is 0.201 e. The van der Waals surface area contributed by atoms with Crippen molar-refractivity contribution in [1.82, 2.24) is 0 Å². The van der Waals surface area contributed by atoms with E-state index < -0.39 is 11.6 Å². The minimum absolute atomic E-state index is 0.0386. The van der Waals surface area contributed by atoms with Crippen LogP contribution >= 0.6 is 0 Å². The highest BCUT2D eigenvalue weighted by Gasteiger charge is 2.21. The van der Waals surface area contributed by atoms with Crippen molar-refractivity contribution in [2.24, 2.45) is 5.92 Å². The van der Waals surface area contributed by atoms with Gasteiger partial charge in [0.05, 0.1) is 6.61 Å². The van der Waals surface area contributed by atoms with Crippen molar-refractivity contribution in [3.63, 3.8) is 0 Å². The first-order valence-corrected chi connectivity index (χ1v) is 15.0. The van der Waals surface area contributed by atoms with Crippen LogP contribution in [0, 0.1) is 17.6 Å². The number of hydrogen-bond donors (Lipinski definition) is 0. The Hall–Kier alpha value is -2.94. The van der Waals surface area contributed by atoms with Crippen LogP contribution in [0.2, 0.25) is 0 Å². The topological polar surface area (TPSA) is 9.23 Å². The van der Waals surface area contributed by atoms with Crippen molar-refractivity contribution in [3.8, 4) is 16.9 Å². The molecule has 3 heteroatoms. The molecule has 0 aliphatic heterocycles. The van der Waals surface area contributed by atoms with Gasteiger partial charge in [0.15, 0.2) is 11.6 Å². The molecule has 0 radical (unpaired) electrons. The molecule has 0 atom stereocenters. The molecule has 0 saturated heterocycles. The maximum atomic E-state index is 14.6. The molecule has 208 valence electrons. The van der Waals surface area contributed by atoms with Gasteiger partial charge in [0.25, 0.3) is 0 Å². The first kappa shape index (κ1) is 29.1. The summed E-state index contributed by atoms with van der Waals surface area (Å²) >= 11 is 0. The van der Waals surface area contributed by atoms with Crippen molar-refractivity contribution in [1.29, 1.82) is 0 Å². The van der Waals surface area contributed by atoms with E-state index in [2.05, 4.69) is 55.5 Å². The summed E-state index contributed by atoms with van der Waals surface area (Å²) in [7, 11) is 0. The lowest BCUT2D eigenvalue weighted by Gasteiger charge is -2.27. The standard InChI is InChI=1S/C36H44F2O/c1-3-5-6-7-10-27-13-15-28(16-14-27)11-8-9-12-29-17-19-30(20-18-29)31-21-23-32(24-22-31)33-25-26-34(39-4-2)36(38)35(33)37/h9,12-16,21-26,29-30H,3-8,10-11,17-20H2,1-2H3/b12-9+. The third-order valence-electron chi connectivity index (χ3n) is 8.16. The van der Waals surface area contributed by atoms with Gasteiger partial charge in [0.2, 0.25) is 5.82 Å².